The average molecular weight is 488 g/mol. The molecule has 2 heterocycles. The SMILES string of the molecule is O=C(C[C@@H]1C(=O)NCCN1C(=O)CN1CCN(c2ccccc2F)CC1)Nc1cccc(Cl)c1. The first kappa shape index (κ1) is 24.0. The van der Waals surface area contributed by atoms with Crippen molar-refractivity contribution in [3.63, 3.8) is 0 Å². The number of benzene rings is 2. The Balaban J connectivity index is 1.33. The largest absolute Gasteiger partial charge is 0.367 e. The molecule has 0 aliphatic carbocycles. The van der Waals surface area contributed by atoms with Gasteiger partial charge in [-0.05, 0) is 30.3 Å². The van der Waals surface area contributed by atoms with Gasteiger partial charge in [0.1, 0.15) is 11.9 Å². The molecule has 4 rings (SSSR count). The number of para-hydroxylation sites is 1. The first-order valence-corrected chi connectivity index (χ1v) is 11.6. The van der Waals surface area contributed by atoms with Gasteiger partial charge in [0, 0.05) is 50.0 Å². The molecular weight excluding hydrogens is 461 g/mol. The van der Waals surface area contributed by atoms with E-state index in [1.165, 1.54) is 11.0 Å². The van der Waals surface area contributed by atoms with Gasteiger partial charge in [-0.1, -0.05) is 29.8 Å². The van der Waals surface area contributed by atoms with Crippen LogP contribution in [0.25, 0.3) is 0 Å². The van der Waals surface area contributed by atoms with Crippen LogP contribution in [0.4, 0.5) is 15.8 Å². The van der Waals surface area contributed by atoms with Crippen LogP contribution in [0.5, 0.6) is 0 Å². The van der Waals surface area contributed by atoms with Gasteiger partial charge in [0.2, 0.25) is 17.7 Å². The molecule has 0 spiro atoms. The maximum absolute atomic E-state index is 14.1. The van der Waals surface area contributed by atoms with E-state index in [1.54, 1.807) is 42.5 Å². The highest BCUT2D eigenvalue weighted by molar-refractivity contribution is 6.30. The van der Waals surface area contributed by atoms with Crippen LogP contribution in [0.3, 0.4) is 0 Å². The van der Waals surface area contributed by atoms with Crippen LogP contribution in [-0.2, 0) is 14.4 Å². The molecule has 1 atom stereocenters. The maximum atomic E-state index is 14.1. The van der Waals surface area contributed by atoms with Gasteiger partial charge in [-0.15, -0.1) is 0 Å². The quantitative estimate of drug-likeness (QED) is 0.650. The molecule has 0 saturated carbocycles. The van der Waals surface area contributed by atoms with Crippen molar-refractivity contribution in [3.05, 3.63) is 59.4 Å². The highest BCUT2D eigenvalue weighted by Crippen LogP contribution is 2.21. The summed E-state index contributed by atoms with van der Waals surface area (Å²) in [4.78, 5) is 43.6. The number of amides is 3. The highest BCUT2D eigenvalue weighted by atomic mass is 35.5. The number of nitrogens with zero attached hydrogens (tertiary/aromatic N) is 3. The van der Waals surface area contributed by atoms with E-state index in [9.17, 15) is 18.8 Å². The summed E-state index contributed by atoms with van der Waals surface area (Å²) in [7, 11) is 0. The standard InChI is InChI=1S/C24H27ClFN5O3/c25-17-4-3-5-18(14-17)28-22(32)15-21-24(34)27-8-9-31(21)23(33)16-29-10-12-30(13-11-29)20-7-2-1-6-19(20)26/h1-7,14,21H,8-13,15-16H2,(H,27,34)(H,28,32)/t21-/m1/s1. The maximum Gasteiger partial charge on any atom is 0.243 e. The van der Waals surface area contributed by atoms with Crippen molar-refractivity contribution in [1.29, 1.82) is 0 Å². The van der Waals surface area contributed by atoms with Gasteiger partial charge in [0.15, 0.2) is 0 Å². The zero-order valence-corrected chi connectivity index (χ0v) is 19.4. The van der Waals surface area contributed by atoms with Crippen LogP contribution in [0.2, 0.25) is 5.02 Å². The van der Waals surface area contributed by atoms with E-state index in [4.69, 9.17) is 11.6 Å². The second kappa shape index (κ2) is 10.8. The Morgan fingerprint density at radius 1 is 1.06 bits per heavy atom. The Morgan fingerprint density at radius 2 is 1.82 bits per heavy atom. The molecule has 0 bridgehead atoms. The third-order valence-corrected chi connectivity index (χ3v) is 6.30. The Bertz CT molecular complexity index is 1060. The van der Waals surface area contributed by atoms with Crippen molar-refractivity contribution in [1.82, 2.24) is 15.1 Å². The van der Waals surface area contributed by atoms with E-state index in [1.807, 2.05) is 9.80 Å². The third kappa shape index (κ3) is 5.84. The summed E-state index contributed by atoms with van der Waals surface area (Å²) in [5, 5.41) is 5.95. The van der Waals surface area contributed by atoms with Gasteiger partial charge in [0.05, 0.1) is 18.7 Å². The van der Waals surface area contributed by atoms with Crippen LogP contribution in [0.1, 0.15) is 6.42 Å². The normalized spacial score (nSPS) is 19.0. The number of hydrogen-bond donors (Lipinski definition) is 2. The zero-order valence-electron chi connectivity index (χ0n) is 18.7. The van der Waals surface area contributed by atoms with Crippen LogP contribution >= 0.6 is 11.6 Å². The average Bonchev–Trinajstić information content (AvgIpc) is 2.81. The summed E-state index contributed by atoms with van der Waals surface area (Å²) >= 11 is 5.96. The van der Waals surface area contributed by atoms with E-state index in [0.717, 1.165) is 0 Å². The van der Waals surface area contributed by atoms with Crippen LogP contribution in [0.15, 0.2) is 48.5 Å². The molecule has 2 aromatic carbocycles. The monoisotopic (exact) mass is 487 g/mol. The predicted molar refractivity (Wildman–Crippen MR) is 128 cm³/mol. The minimum atomic E-state index is -0.875. The smallest absolute Gasteiger partial charge is 0.243 e. The summed E-state index contributed by atoms with van der Waals surface area (Å²) in [6.45, 7) is 3.22. The molecule has 2 aromatic rings. The number of carbonyl (C=O) groups excluding carboxylic acids is 3. The van der Waals surface area contributed by atoms with Crippen molar-refractivity contribution in [2.45, 2.75) is 12.5 Å². The lowest BCUT2D eigenvalue weighted by Gasteiger charge is -2.39. The number of halogens is 2. The Morgan fingerprint density at radius 3 is 2.56 bits per heavy atom. The molecule has 2 aliphatic heterocycles. The fraction of sp³-hybridized carbons (Fsp3) is 0.375. The Kier molecular flexibility index (Phi) is 7.64. The number of carbonyl (C=O) groups is 3. The summed E-state index contributed by atoms with van der Waals surface area (Å²) in [5.41, 5.74) is 1.09. The number of anilines is 2. The number of hydrogen-bond acceptors (Lipinski definition) is 5. The Hall–Kier alpha value is -3.17. The van der Waals surface area contributed by atoms with Gasteiger partial charge >= 0.3 is 0 Å². The number of nitrogens with one attached hydrogen (secondary N) is 2. The summed E-state index contributed by atoms with van der Waals surface area (Å²) in [6.07, 6.45) is -0.148. The van der Waals surface area contributed by atoms with Crippen molar-refractivity contribution >= 4 is 40.7 Å². The van der Waals surface area contributed by atoms with Crippen molar-refractivity contribution in [2.24, 2.45) is 0 Å². The predicted octanol–water partition coefficient (Wildman–Crippen LogP) is 1.96. The molecular formula is C24H27ClFN5O3. The molecule has 2 aliphatic rings. The molecule has 2 fully saturated rings. The zero-order chi connectivity index (χ0) is 24.1. The van der Waals surface area contributed by atoms with Gasteiger partial charge in [-0.25, -0.2) is 4.39 Å². The molecule has 3 amide bonds. The van der Waals surface area contributed by atoms with E-state index in [-0.39, 0.29) is 36.5 Å². The van der Waals surface area contributed by atoms with Crippen molar-refractivity contribution < 1.29 is 18.8 Å². The lowest BCUT2D eigenvalue weighted by Crippen LogP contribution is -2.60. The molecule has 0 radical (unpaired) electrons. The summed E-state index contributed by atoms with van der Waals surface area (Å²) in [5.74, 6) is -1.18. The number of piperazine rings is 2. The van der Waals surface area contributed by atoms with Crippen molar-refractivity contribution in [2.75, 3.05) is 56.0 Å². The highest BCUT2D eigenvalue weighted by Gasteiger charge is 2.35. The minimum absolute atomic E-state index is 0.144. The first-order valence-electron chi connectivity index (χ1n) is 11.2. The van der Waals surface area contributed by atoms with E-state index in [0.29, 0.717) is 55.7 Å². The summed E-state index contributed by atoms with van der Waals surface area (Å²) < 4.78 is 14.1. The third-order valence-electron chi connectivity index (χ3n) is 6.06. The molecule has 10 heteroatoms. The lowest BCUT2D eigenvalue weighted by molar-refractivity contribution is -0.145. The van der Waals surface area contributed by atoms with Crippen LogP contribution < -0.4 is 15.5 Å². The van der Waals surface area contributed by atoms with Gasteiger partial charge in [0.25, 0.3) is 0 Å². The van der Waals surface area contributed by atoms with Gasteiger partial charge in [-0.3, -0.25) is 19.3 Å². The van der Waals surface area contributed by atoms with E-state index < -0.39 is 6.04 Å². The second-order valence-corrected chi connectivity index (χ2v) is 8.81. The van der Waals surface area contributed by atoms with Gasteiger partial charge in [-0.2, -0.15) is 0 Å². The second-order valence-electron chi connectivity index (χ2n) is 8.37. The Labute approximate surface area is 202 Å². The lowest BCUT2D eigenvalue weighted by atomic mass is 10.1. The molecule has 180 valence electrons. The molecule has 2 N–H and O–H groups in total. The number of rotatable bonds is 6. The summed E-state index contributed by atoms with van der Waals surface area (Å²) in [6, 6.07) is 12.5. The molecule has 34 heavy (non-hydrogen) atoms. The molecule has 8 nitrogen and oxygen atoms in total. The topological polar surface area (TPSA) is 85.0 Å². The van der Waals surface area contributed by atoms with Crippen molar-refractivity contribution in [3.8, 4) is 0 Å². The molecule has 0 aromatic heterocycles. The van der Waals surface area contributed by atoms with Crippen LogP contribution in [0, 0.1) is 5.82 Å². The first-order chi connectivity index (χ1) is 16.4. The van der Waals surface area contributed by atoms with E-state index >= 15 is 0 Å². The fourth-order valence-corrected chi connectivity index (χ4v) is 4.50. The minimum Gasteiger partial charge on any atom is -0.367 e. The molecule has 0 unspecified atom stereocenters. The van der Waals surface area contributed by atoms with Crippen LogP contribution in [-0.4, -0.2) is 79.4 Å². The fourth-order valence-electron chi connectivity index (χ4n) is 4.31. The van der Waals surface area contributed by atoms with Gasteiger partial charge < -0.3 is 20.4 Å². The van der Waals surface area contributed by atoms with E-state index in [2.05, 4.69) is 10.6 Å². The molecule has 2 saturated heterocycles.